The Bertz CT molecular complexity index is 517. The Hall–Kier alpha value is -1.32. The van der Waals surface area contributed by atoms with Crippen molar-refractivity contribution in [3.05, 3.63) is 52.4 Å². The second-order valence-electron chi connectivity index (χ2n) is 3.10. The minimum atomic E-state index is -0.453. The number of halogens is 3. The number of benzene rings is 1. The van der Waals surface area contributed by atoms with E-state index in [1.807, 2.05) is 0 Å². The Kier molecular flexibility index (Phi) is 3.27. The quantitative estimate of drug-likeness (QED) is 0.812. The van der Waals surface area contributed by atoms with Crippen LogP contribution in [0.4, 0.5) is 15.9 Å². The Balaban J connectivity index is 2.24. The van der Waals surface area contributed by atoms with Gasteiger partial charge in [-0.25, -0.2) is 9.37 Å². The third-order valence-electron chi connectivity index (χ3n) is 1.91. The molecule has 0 saturated carbocycles. The van der Waals surface area contributed by atoms with Gasteiger partial charge >= 0.3 is 0 Å². The summed E-state index contributed by atoms with van der Waals surface area (Å²) in [6, 6.07) is 9.54. The fraction of sp³-hybridized carbons (Fsp3) is 0. The summed E-state index contributed by atoms with van der Waals surface area (Å²) in [7, 11) is 0. The maximum atomic E-state index is 12.9. The highest BCUT2D eigenvalue weighted by Crippen LogP contribution is 2.22. The molecule has 2 rings (SSSR count). The van der Waals surface area contributed by atoms with Crippen LogP contribution < -0.4 is 5.32 Å². The molecule has 0 amide bonds. The van der Waals surface area contributed by atoms with Gasteiger partial charge in [-0.3, -0.25) is 0 Å². The zero-order chi connectivity index (χ0) is 11.5. The number of nitrogens with zero attached hydrogens (tertiary/aromatic N) is 1. The molecule has 0 radical (unpaired) electrons. The molecule has 2 nitrogen and oxygen atoms in total. The van der Waals surface area contributed by atoms with Crippen molar-refractivity contribution >= 4 is 34.7 Å². The monoisotopic (exact) mass is 256 g/mol. The van der Waals surface area contributed by atoms with Gasteiger partial charge in [-0.1, -0.05) is 29.3 Å². The summed E-state index contributed by atoms with van der Waals surface area (Å²) in [5.41, 5.74) is 0.654. The van der Waals surface area contributed by atoms with Gasteiger partial charge in [-0.15, -0.1) is 0 Å². The van der Waals surface area contributed by atoms with Gasteiger partial charge in [0, 0.05) is 5.69 Å². The van der Waals surface area contributed by atoms with Gasteiger partial charge in [-0.2, -0.15) is 0 Å². The Labute approximate surface area is 102 Å². The molecule has 0 saturated heterocycles. The van der Waals surface area contributed by atoms with Crippen molar-refractivity contribution in [3.63, 3.8) is 0 Å². The van der Waals surface area contributed by atoms with E-state index in [1.54, 1.807) is 24.3 Å². The highest BCUT2D eigenvalue weighted by molar-refractivity contribution is 6.31. The van der Waals surface area contributed by atoms with Crippen LogP contribution in [0.1, 0.15) is 0 Å². The van der Waals surface area contributed by atoms with Crippen molar-refractivity contribution < 1.29 is 4.39 Å². The van der Waals surface area contributed by atoms with E-state index in [2.05, 4.69) is 10.3 Å². The number of nitrogens with one attached hydrogen (secondary N) is 1. The van der Waals surface area contributed by atoms with E-state index in [4.69, 9.17) is 23.2 Å². The molecule has 1 heterocycles. The first-order valence-electron chi connectivity index (χ1n) is 4.50. The zero-order valence-electron chi connectivity index (χ0n) is 8.05. The van der Waals surface area contributed by atoms with Gasteiger partial charge in [-0.05, 0) is 30.3 Å². The molecule has 0 bridgehead atoms. The molecule has 0 aliphatic heterocycles. The van der Waals surface area contributed by atoms with Crippen molar-refractivity contribution in [1.82, 2.24) is 4.98 Å². The van der Waals surface area contributed by atoms with Crippen molar-refractivity contribution in [1.29, 1.82) is 0 Å². The first kappa shape index (κ1) is 11.2. The van der Waals surface area contributed by atoms with Crippen LogP contribution in [0, 0.1) is 5.82 Å². The predicted octanol–water partition coefficient (Wildman–Crippen LogP) is 4.27. The van der Waals surface area contributed by atoms with Crippen molar-refractivity contribution in [3.8, 4) is 0 Å². The molecule has 0 fully saturated rings. The van der Waals surface area contributed by atoms with Crippen LogP contribution in [0.5, 0.6) is 0 Å². The van der Waals surface area contributed by atoms with Gasteiger partial charge in [0.2, 0.25) is 0 Å². The van der Waals surface area contributed by atoms with Crippen LogP contribution in [-0.4, -0.2) is 4.98 Å². The lowest BCUT2D eigenvalue weighted by Gasteiger charge is -2.06. The molecule has 16 heavy (non-hydrogen) atoms. The summed E-state index contributed by atoms with van der Waals surface area (Å²) in [6.45, 7) is 0. The predicted molar refractivity (Wildman–Crippen MR) is 63.9 cm³/mol. The first-order valence-corrected chi connectivity index (χ1v) is 5.25. The lowest BCUT2D eigenvalue weighted by atomic mass is 10.3. The minimum absolute atomic E-state index is 0.0621. The molecule has 5 heteroatoms. The number of anilines is 2. The molecule has 82 valence electrons. The van der Waals surface area contributed by atoms with E-state index in [1.165, 1.54) is 12.1 Å². The van der Waals surface area contributed by atoms with E-state index in [0.29, 0.717) is 16.7 Å². The maximum absolute atomic E-state index is 12.9. The SMILES string of the molecule is Fc1ccc(Nc2cccc(Cl)n2)cc1Cl. The average Bonchev–Trinajstić information content (AvgIpc) is 2.24. The Morgan fingerprint density at radius 2 is 1.94 bits per heavy atom. The van der Waals surface area contributed by atoms with Crippen LogP contribution in [0.15, 0.2) is 36.4 Å². The topological polar surface area (TPSA) is 24.9 Å². The summed E-state index contributed by atoms with van der Waals surface area (Å²) >= 11 is 11.4. The van der Waals surface area contributed by atoms with Gasteiger partial charge in [0.1, 0.15) is 16.8 Å². The molecule has 1 aromatic carbocycles. The summed E-state index contributed by atoms with van der Waals surface area (Å²) in [5.74, 6) is 0.126. The van der Waals surface area contributed by atoms with Gasteiger partial charge in [0.05, 0.1) is 5.02 Å². The minimum Gasteiger partial charge on any atom is -0.340 e. The second kappa shape index (κ2) is 4.68. The fourth-order valence-electron chi connectivity index (χ4n) is 1.20. The normalized spacial score (nSPS) is 10.2. The van der Waals surface area contributed by atoms with Crippen LogP contribution in [0.25, 0.3) is 0 Å². The van der Waals surface area contributed by atoms with Crippen molar-refractivity contribution in [2.24, 2.45) is 0 Å². The molecule has 0 unspecified atom stereocenters. The van der Waals surface area contributed by atoms with Gasteiger partial charge in [0.25, 0.3) is 0 Å². The molecule has 1 aromatic heterocycles. The van der Waals surface area contributed by atoms with Crippen LogP contribution in [0.3, 0.4) is 0 Å². The van der Waals surface area contributed by atoms with Crippen LogP contribution >= 0.6 is 23.2 Å². The molecule has 0 aliphatic rings. The third-order valence-corrected chi connectivity index (χ3v) is 2.41. The van der Waals surface area contributed by atoms with E-state index >= 15 is 0 Å². The average molecular weight is 257 g/mol. The molecule has 0 aliphatic carbocycles. The number of rotatable bonds is 2. The smallest absolute Gasteiger partial charge is 0.141 e. The molecule has 2 aromatic rings. The summed E-state index contributed by atoms with van der Waals surface area (Å²) in [6.07, 6.45) is 0. The van der Waals surface area contributed by atoms with E-state index in [-0.39, 0.29) is 5.02 Å². The van der Waals surface area contributed by atoms with E-state index in [0.717, 1.165) is 0 Å². The number of pyridine rings is 1. The fourth-order valence-corrected chi connectivity index (χ4v) is 1.54. The molecule has 0 spiro atoms. The number of aromatic nitrogens is 1. The summed E-state index contributed by atoms with van der Waals surface area (Å²) < 4.78 is 12.9. The molecular weight excluding hydrogens is 250 g/mol. The van der Waals surface area contributed by atoms with E-state index < -0.39 is 5.82 Å². The number of hydrogen-bond acceptors (Lipinski definition) is 2. The third kappa shape index (κ3) is 2.62. The lowest BCUT2D eigenvalue weighted by molar-refractivity contribution is 0.628. The second-order valence-corrected chi connectivity index (χ2v) is 3.89. The summed E-state index contributed by atoms with van der Waals surface area (Å²) in [4.78, 5) is 4.04. The van der Waals surface area contributed by atoms with Crippen molar-refractivity contribution in [2.75, 3.05) is 5.32 Å². The Morgan fingerprint density at radius 1 is 1.12 bits per heavy atom. The van der Waals surface area contributed by atoms with Crippen LogP contribution in [0.2, 0.25) is 10.2 Å². The van der Waals surface area contributed by atoms with Crippen LogP contribution in [-0.2, 0) is 0 Å². The largest absolute Gasteiger partial charge is 0.340 e. The van der Waals surface area contributed by atoms with Gasteiger partial charge < -0.3 is 5.32 Å². The van der Waals surface area contributed by atoms with E-state index in [9.17, 15) is 4.39 Å². The highest BCUT2D eigenvalue weighted by Gasteiger charge is 2.01. The van der Waals surface area contributed by atoms with Crippen molar-refractivity contribution in [2.45, 2.75) is 0 Å². The molecule has 1 N–H and O–H groups in total. The zero-order valence-corrected chi connectivity index (χ0v) is 9.56. The Morgan fingerprint density at radius 3 is 2.62 bits per heavy atom. The number of hydrogen-bond donors (Lipinski definition) is 1. The molecular formula is C11H7Cl2FN2. The maximum Gasteiger partial charge on any atom is 0.141 e. The highest BCUT2D eigenvalue weighted by atomic mass is 35.5. The first-order chi connectivity index (χ1) is 7.65. The molecule has 0 atom stereocenters. The standard InChI is InChI=1S/C11H7Cl2FN2/c12-8-6-7(4-5-9(8)14)15-11-3-1-2-10(13)16-11/h1-6H,(H,15,16). The van der Waals surface area contributed by atoms with Gasteiger partial charge in [0.15, 0.2) is 0 Å². The summed E-state index contributed by atoms with van der Waals surface area (Å²) in [5, 5.41) is 3.42. The lowest BCUT2D eigenvalue weighted by Crippen LogP contribution is -1.93.